The molecule has 178 valence electrons. The number of hydrogen-bond donors (Lipinski definition) is 1. The Labute approximate surface area is 201 Å². The summed E-state index contributed by atoms with van der Waals surface area (Å²) in [5, 5.41) is 10.6. The van der Waals surface area contributed by atoms with Crippen molar-refractivity contribution in [3.05, 3.63) is 84.1 Å². The average molecular weight is 461 g/mol. The highest BCUT2D eigenvalue weighted by Gasteiger charge is 2.46. The van der Waals surface area contributed by atoms with E-state index in [1.54, 1.807) is 32.1 Å². The number of aromatic nitrogens is 1. The van der Waals surface area contributed by atoms with Gasteiger partial charge in [-0.3, -0.25) is 0 Å². The number of nitrogens with zero attached hydrogens (tertiary/aromatic N) is 2. The van der Waals surface area contributed by atoms with Gasteiger partial charge in [-0.1, -0.05) is 54.6 Å². The molecule has 6 heteroatoms. The number of ether oxygens (including phenoxy) is 2. The molecule has 2 aromatic carbocycles. The summed E-state index contributed by atoms with van der Waals surface area (Å²) in [7, 11) is 1.60. The van der Waals surface area contributed by atoms with E-state index >= 15 is 0 Å². The van der Waals surface area contributed by atoms with Gasteiger partial charge in [0.1, 0.15) is 5.60 Å². The smallest absolute Gasteiger partial charge is 0.411 e. The van der Waals surface area contributed by atoms with E-state index in [2.05, 4.69) is 4.98 Å². The third-order valence-electron chi connectivity index (χ3n) is 6.43. The Bertz CT molecular complexity index is 1110. The molecule has 34 heavy (non-hydrogen) atoms. The van der Waals surface area contributed by atoms with E-state index in [0.29, 0.717) is 25.3 Å². The Morgan fingerprint density at radius 2 is 1.76 bits per heavy atom. The van der Waals surface area contributed by atoms with Gasteiger partial charge in [-0.15, -0.1) is 0 Å². The second-order valence-electron chi connectivity index (χ2n) is 9.55. The summed E-state index contributed by atoms with van der Waals surface area (Å²) in [4.78, 5) is 19.3. The number of rotatable bonds is 7. The lowest BCUT2D eigenvalue weighted by Crippen LogP contribution is -2.51. The maximum absolute atomic E-state index is 13.2. The topological polar surface area (TPSA) is 71.9 Å². The fraction of sp³-hybridized carbons (Fsp3) is 0.357. The van der Waals surface area contributed by atoms with Crippen molar-refractivity contribution in [2.45, 2.75) is 50.9 Å². The van der Waals surface area contributed by atoms with Crippen LogP contribution in [-0.4, -0.2) is 40.3 Å². The first-order valence-electron chi connectivity index (χ1n) is 11.6. The van der Waals surface area contributed by atoms with Crippen molar-refractivity contribution in [2.24, 2.45) is 0 Å². The van der Waals surface area contributed by atoms with Gasteiger partial charge in [0.15, 0.2) is 0 Å². The molecule has 1 N–H and O–H groups in total. The molecule has 2 heterocycles. The first-order chi connectivity index (χ1) is 16.2. The number of carbonyl (C=O) groups is 1. The summed E-state index contributed by atoms with van der Waals surface area (Å²) in [6.07, 6.45) is 2.36. The second-order valence-corrected chi connectivity index (χ2v) is 9.55. The van der Waals surface area contributed by atoms with Crippen molar-refractivity contribution in [3.63, 3.8) is 0 Å². The molecule has 1 aromatic heterocycles. The number of carbonyl (C=O) groups excluding carboxylic acids is 1. The highest BCUT2D eigenvalue weighted by atomic mass is 16.6. The summed E-state index contributed by atoms with van der Waals surface area (Å²) >= 11 is 0. The quantitative estimate of drug-likeness (QED) is 0.488. The summed E-state index contributed by atoms with van der Waals surface area (Å²) in [6.45, 7) is 6.05. The predicted molar refractivity (Wildman–Crippen MR) is 131 cm³/mol. The van der Waals surface area contributed by atoms with E-state index in [9.17, 15) is 9.90 Å². The van der Waals surface area contributed by atoms with Crippen molar-refractivity contribution in [3.8, 4) is 17.0 Å². The molecule has 0 radical (unpaired) electrons. The molecule has 1 fully saturated rings. The van der Waals surface area contributed by atoms with Gasteiger partial charge in [-0.05, 0) is 43.5 Å². The molecule has 1 unspecified atom stereocenters. The number of hydrogen-bond acceptors (Lipinski definition) is 5. The molecule has 2 atom stereocenters. The van der Waals surface area contributed by atoms with Gasteiger partial charge >= 0.3 is 6.09 Å². The molecule has 0 bridgehead atoms. The van der Waals surface area contributed by atoms with Gasteiger partial charge in [0.05, 0.1) is 18.8 Å². The van der Waals surface area contributed by atoms with Crippen LogP contribution in [0.5, 0.6) is 5.88 Å². The minimum Gasteiger partial charge on any atom is -0.481 e. The number of benzene rings is 2. The molecule has 1 saturated heterocycles. The minimum atomic E-state index is -0.976. The van der Waals surface area contributed by atoms with Crippen LogP contribution in [0.4, 0.5) is 4.79 Å². The van der Waals surface area contributed by atoms with Crippen LogP contribution in [0.3, 0.4) is 0 Å². The highest BCUT2D eigenvalue weighted by Crippen LogP contribution is 2.42. The summed E-state index contributed by atoms with van der Waals surface area (Å²) in [5.74, 6) is 0.578. The Balaban J connectivity index is 1.51. The lowest BCUT2D eigenvalue weighted by atomic mass is 9.80. The zero-order valence-electron chi connectivity index (χ0n) is 20.2. The Morgan fingerprint density at radius 3 is 2.32 bits per heavy atom. The first kappa shape index (κ1) is 23.8. The van der Waals surface area contributed by atoms with Crippen molar-refractivity contribution >= 4 is 6.09 Å². The van der Waals surface area contributed by atoms with Crippen LogP contribution in [0.2, 0.25) is 0 Å². The van der Waals surface area contributed by atoms with Crippen LogP contribution in [0, 0.1) is 0 Å². The van der Waals surface area contributed by atoms with E-state index in [0.717, 1.165) is 22.3 Å². The van der Waals surface area contributed by atoms with Gasteiger partial charge in [-0.25, -0.2) is 9.78 Å². The van der Waals surface area contributed by atoms with Gasteiger partial charge in [0.25, 0.3) is 0 Å². The molecule has 0 spiro atoms. The Morgan fingerprint density at radius 1 is 1.09 bits per heavy atom. The van der Waals surface area contributed by atoms with Crippen LogP contribution < -0.4 is 4.74 Å². The summed E-state index contributed by atoms with van der Waals surface area (Å²) in [6, 6.07) is 21.5. The number of amides is 1. The second kappa shape index (κ2) is 9.47. The number of methoxy groups -OCH3 is 1. The maximum atomic E-state index is 13.2. The molecule has 4 rings (SSSR count). The maximum Gasteiger partial charge on any atom is 0.411 e. The van der Waals surface area contributed by atoms with E-state index in [-0.39, 0.29) is 12.1 Å². The number of cyclic esters (lactones) is 1. The van der Waals surface area contributed by atoms with Crippen LogP contribution in [-0.2, 0) is 10.3 Å². The molecule has 3 aromatic rings. The Kier molecular flexibility index (Phi) is 6.62. The SMILES string of the molecule is COc1ccc(-c2ccc([C@H](C)N3CCC(CC(C)(C)O)(c4ccccc4)OC3=O)cc2)cn1. The minimum absolute atomic E-state index is 0.147. The standard InChI is InChI=1S/C28H32N2O4/c1-20(21-10-12-22(13-11-21)23-14-15-25(33-4)29-18-23)30-17-16-28(34-26(30)31,19-27(2,3)32)24-8-6-5-7-9-24/h5-15,18,20,32H,16-17,19H2,1-4H3/t20-,28?/m0/s1. The average Bonchev–Trinajstić information content (AvgIpc) is 2.83. The van der Waals surface area contributed by atoms with Gasteiger partial charge < -0.3 is 19.5 Å². The summed E-state index contributed by atoms with van der Waals surface area (Å²) < 4.78 is 11.2. The van der Waals surface area contributed by atoms with Crippen molar-refractivity contribution < 1.29 is 19.4 Å². The lowest BCUT2D eigenvalue weighted by molar-refractivity contribution is -0.101. The van der Waals surface area contributed by atoms with Gasteiger partial charge in [0, 0.05) is 37.2 Å². The van der Waals surface area contributed by atoms with Crippen molar-refractivity contribution in [1.82, 2.24) is 9.88 Å². The normalized spacial score (nSPS) is 19.4. The molecule has 1 amide bonds. The molecular formula is C28H32N2O4. The predicted octanol–water partition coefficient (Wildman–Crippen LogP) is 5.72. The third kappa shape index (κ3) is 5.07. The van der Waals surface area contributed by atoms with Crippen LogP contribution >= 0.6 is 0 Å². The highest BCUT2D eigenvalue weighted by molar-refractivity contribution is 5.70. The van der Waals surface area contributed by atoms with Crippen molar-refractivity contribution in [2.75, 3.05) is 13.7 Å². The zero-order valence-corrected chi connectivity index (χ0v) is 20.2. The van der Waals surface area contributed by atoms with E-state index in [4.69, 9.17) is 9.47 Å². The van der Waals surface area contributed by atoms with E-state index in [1.165, 1.54) is 0 Å². The van der Waals surface area contributed by atoms with Gasteiger partial charge in [-0.2, -0.15) is 0 Å². The van der Waals surface area contributed by atoms with E-state index in [1.807, 2.05) is 73.7 Å². The first-order valence-corrected chi connectivity index (χ1v) is 11.6. The fourth-order valence-corrected chi connectivity index (χ4v) is 4.70. The van der Waals surface area contributed by atoms with E-state index < -0.39 is 11.2 Å². The van der Waals surface area contributed by atoms with Gasteiger partial charge in [0.2, 0.25) is 5.88 Å². The number of pyridine rings is 1. The largest absolute Gasteiger partial charge is 0.481 e. The third-order valence-corrected chi connectivity index (χ3v) is 6.43. The molecule has 6 nitrogen and oxygen atoms in total. The summed E-state index contributed by atoms with van der Waals surface area (Å²) in [5.41, 5.74) is 2.15. The van der Waals surface area contributed by atoms with Crippen LogP contribution in [0.1, 0.15) is 50.8 Å². The zero-order chi connectivity index (χ0) is 24.3. The van der Waals surface area contributed by atoms with Crippen LogP contribution in [0.25, 0.3) is 11.1 Å². The number of aliphatic hydroxyl groups is 1. The fourth-order valence-electron chi connectivity index (χ4n) is 4.70. The monoisotopic (exact) mass is 460 g/mol. The molecular weight excluding hydrogens is 428 g/mol. The molecule has 0 aliphatic carbocycles. The molecule has 1 aliphatic heterocycles. The lowest BCUT2D eigenvalue weighted by Gasteiger charge is -2.45. The van der Waals surface area contributed by atoms with Crippen molar-refractivity contribution in [1.29, 1.82) is 0 Å². The molecule has 0 saturated carbocycles. The van der Waals surface area contributed by atoms with Crippen LogP contribution in [0.15, 0.2) is 72.9 Å². The molecule has 1 aliphatic rings. The Hall–Kier alpha value is -3.38.